The van der Waals surface area contributed by atoms with Crippen molar-refractivity contribution in [3.8, 4) is 0 Å². The van der Waals surface area contributed by atoms with E-state index in [0.717, 1.165) is 5.56 Å². The second kappa shape index (κ2) is 12.2. The van der Waals surface area contributed by atoms with Crippen LogP contribution in [-0.2, 0) is 27.4 Å². The highest BCUT2D eigenvalue weighted by molar-refractivity contribution is 5.93. The van der Waals surface area contributed by atoms with Crippen molar-refractivity contribution < 1.29 is 23.5 Å². The minimum Gasteiger partial charge on any atom is -0.444 e. The Morgan fingerprint density at radius 3 is 2.56 bits per heavy atom. The van der Waals surface area contributed by atoms with Gasteiger partial charge >= 0.3 is 17.7 Å². The van der Waals surface area contributed by atoms with Gasteiger partial charge in [-0.1, -0.05) is 36.4 Å². The summed E-state index contributed by atoms with van der Waals surface area (Å²) in [7, 11) is 0. The lowest BCUT2D eigenvalue weighted by atomic mass is 10.1. The summed E-state index contributed by atoms with van der Waals surface area (Å²) in [6, 6.07) is 18.3. The number of aromatic nitrogens is 2. The third-order valence-corrected chi connectivity index (χ3v) is 7.08. The number of anilines is 2. The lowest BCUT2D eigenvalue weighted by Gasteiger charge is -2.36. The van der Waals surface area contributed by atoms with Crippen LogP contribution in [-0.4, -0.2) is 39.8 Å². The van der Waals surface area contributed by atoms with E-state index in [1.54, 1.807) is 57.0 Å². The number of hydrogen-bond donors (Lipinski definition) is 2. The van der Waals surface area contributed by atoms with Gasteiger partial charge in [0.2, 0.25) is 5.72 Å². The topological polar surface area (TPSA) is 136 Å². The fourth-order valence-electron chi connectivity index (χ4n) is 5.06. The predicted octanol–water partition coefficient (Wildman–Crippen LogP) is 5.07. The van der Waals surface area contributed by atoms with Gasteiger partial charge in [-0.25, -0.2) is 9.59 Å². The molecule has 224 valence electrons. The van der Waals surface area contributed by atoms with Crippen LogP contribution in [0.1, 0.15) is 50.4 Å². The molecular formula is C32H35N5O6. The third-order valence-electron chi connectivity index (χ3n) is 7.08. The van der Waals surface area contributed by atoms with Gasteiger partial charge in [0, 0.05) is 24.8 Å². The van der Waals surface area contributed by atoms with E-state index in [2.05, 4.69) is 20.6 Å². The molecule has 2 aromatic carbocycles. The maximum Gasteiger partial charge on any atom is 0.412 e. The van der Waals surface area contributed by atoms with Crippen molar-refractivity contribution in [2.45, 2.75) is 65.0 Å². The van der Waals surface area contributed by atoms with E-state index >= 15 is 0 Å². The molecule has 0 bridgehead atoms. The molecule has 11 nitrogen and oxygen atoms in total. The standard InChI is InChI=1S/C32H35N5O6/c1-21-24(36-30(40)43-31(2,3)4)14-15-25-26(21)27(38)42-29(35-25)37-18-10-16-32(37,41-20-22-11-6-5-7-12-22)28(39)34-19-23-13-8-9-17-33-23/h5-9,11-15,17H,10,16,18-20H2,1-4H3,(H,34,39)(H,36,40). The number of pyridine rings is 1. The summed E-state index contributed by atoms with van der Waals surface area (Å²) in [6.07, 6.45) is 1.98. The summed E-state index contributed by atoms with van der Waals surface area (Å²) in [5.41, 5.74) is 0.0175. The van der Waals surface area contributed by atoms with Crippen LogP contribution >= 0.6 is 0 Å². The number of benzene rings is 2. The van der Waals surface area contributed by atoms with Crippen molar-refractivity contribution in [3.63, 3.8) is 0 Å². The molecule has 11 heteroatoms. The normalized spacial score (nSPS) is 16.7. The van der Waals surface area contributed by atoms with Crippen LogP contribution in [0, 0.1) is 6.92 Å². The van der Waals surface area contributed by atoms with Gasteiger partial charge in [-0.2, -0.15) is 4.98 Å². The monoisotopic (exact) mass is 585 g/mol. The lowest BCUT2D eigenvalue weighted by molar-refractivity contribution is -0.148. The highest BCUT2D eigenvalue weighted by atomic mass is 16.6. The molecule has 1 aliphatic heterocycles. The van der Waals surface area contributed by atoms with E-state index < -0.39 is 23.0 Å². The Hall–Kier alpha value is -4.77. The van der Waals surface area contributed by atoms with E-state index in [-0.39, 0.29) is 30.5 Å². The quantitative estimate of drug-likeness (QED) is 0.291. The fourth-order valence-corrected chi connectivity index (χ4v) is 5.06. The minimum absolute atomic E-state index is 0.0247. The molecule has 1 aliphatic rings. The van der Waals surface area contributed by atoms with Gasteiger partial charge in [0.25, 0.3) is 5.91 Å². The van der Waals surface area contributed by atoms with Gasteiger partial charge in [-0.05, 0) is 69.5 Å². The van der Waals surface area contributed by atoms with Crippen molar-refractivity contribution in [2.75, 3.05) is 16.8 Å². The van der Waals surface area contributed by atoms with Crippen molar-refractivity contribution in [2.24, 2.45) is 0 Å². The Balaban J connectivity index is 1.47. The molecule has 1 fully saturated rings. The molecule has 2 amide bonds. The molecule has 5 rings (SSSR count). The first-order chi connectivity index (χ1) is 20.6. The van der Waals surface area contributed by atoms with Crippen molar-refractivity contribution in [3.05, 3.63) is 94.1 Å². The molecule has 0 saturated carbocycles. The molecule has 3 heterocycles. The van der Waals surface area contributed by atoms with Crippen LogP contribution < -0.4 is 21.2 Å². The number of ether oxygens (including phenoxy) is 2. The van der Waals surface area contributed by atoms with E-state index in [0.29, 0.717) is 41.8 Å². The number of nitrogens with one attached hydrogen (secondary N) is 2. The molecule has 0 radical (unpaired) electrons. The minimum atomic E-state index is -1.48. The lowest BCUT2D eigenvalue weighted by Crippen LogP contribution is -2.57. The van der Waals surface area contributed by atoms with Crippen molar-refractivity contribution in [1.82, 2.24) is 15.3 Å². The zero-order valence-electron chi connectivity index (χ0n) is 24.7. The molecular weight excluding hydrogens is 550 g/mol. The van der Waals surface area contributed by atoms with Gasteiger partial charge in [0.15, 0.2) is 0 Å². The second-order valence-electron chi connectivity index (χ2n) is 11.4. The Bertz CT molecular complexity index is 1670. The number of carbonyl (C=O) groups is 2. The van der Waals surface area contributed by atoms with Crippen LogP contribution in [0.25, 0.3) is 10.9 Å². The van der Waals surface area contributed by atoms with Gasteiger partial charge in [-0.15, -0.1) is 0 Å². The number of hydrogen-bond acceptors (Lipinski definition) is 9. The van der Waals surface area contributed by atoms with Crippen molar-refractivity contribution >= 4 is 34.6 Å². The van der Waals surface area contributed by atoms with Gasteiger partial charge in [0.05, 0.1) is 29.7 Å². The zero-order valence-corrected chi connectivity index (χ0v) is 24.7. The van der Waals surface area contributed by atoms with Crippen LogP contribution in [0.3, 0.4) is 0 Å². The summed E-state index contributed by atoms with van der Waals surface area (Å²) >= 11 is 0. The highest BCUT2D eigenvalue weighted by Crippen LogP contribution is 2.36. The van der Waals surface area contributed by atoms with E-state index in [1.807, 2.05) is 42.5 Å². The molecule has 4 aromatic rings. The van der Waals surface area contributed by atoms with Crippen LogP contribution in [0.2, 0.25) is 0 Å². The van der Waals surface area contributed by atoms with Gasteiger partial charge in [-0.3, -0.25) is 20.0 Å². The highest BCUT2D eigenvalue weighted by Gasteiger charge is 2.51. The summed E-state index contributed by atoms with van der Waals surface area (Å²) in [6.45, 7) is 7.73. The molecule has 1 unspecified atom stereocenters. The van der Waals surface area contributed by atoms with Crippen LogP contribution in [0.5, 0.6) is 0 Å². The smallest absolute Gasteiger partial charge is 0.412 e. The number of nitrogens with zero attached hydrogens (tertiary/aromatic N) is 3. The molecule has 2 N–H and O–H groups in total. The second-order valence-corrected chi connectivity index (χ2v) is 11.4. The molecule has 0 spiro atoms. The first-order valence-corrected chi connectivity index (χ1v) is 14.1. The Labute approximate surface area is 249 Å². The van der Waals surface area contributed by atoms with Crippen LogP contribution in [0.15, 0.2) is 76.1 Å². The molecule has 1 atom stereocenters. The number of amides is 2. The molecule has 1 saturated heterocycles. The Kier molecular flexibility index (Phi) is 8.45. The average Bonchev–Trinajstić information content (AvgIpc) is 3.41. The maximum atomic E-state index is 13.9. The van der Waals surface area contributed by atoms with E-state index in [1.165, 1.54) is 0 Å². The Morgan fingerprint density at radius 2 is 1.84 bits per heavy atom. The van der Waals surface area contributed by atoms with Crippen LogP contribution in [0.4, 0.5) is 16.5 Å². The number of fused-ring (bicyclic) bond motifs is 1. The first-order valence-electron chi connectivity index (χ1n) is 14.1. The third kappa shape index (κ3) is 6.67. The number of rotatable bonds is 8. The number of aryl methyl sites for hydroxylation is 1. The largest absolute Gasteiger partial charge is 0.444 e. The number of carbonyl (C=O) groups excluding carboxylic acids is 2. The zero-order chi connectivity index (χ0) is 30.6. The summed E-state index contributed by atoms with van der Waals surface area (Å²) in [4.78, 5) is 50.2. The SMILES string of the molecule is Cc1c(NC(=O)OC(C)(C)C)ccc2nc(N3CCCC3(OCc3ccccc3)C(=O)NCc3ccccn3)oc(=O)c12. The molecule has 43 heavy (non-hydrogen) atoms. The Morgan fingerprint density at radius 1 is 1.07 bits per heavy atom. The maximum absolute atomic E-state index is 13.9. The molecule has 2 aromatic heterocycles. The van der Waals surface area contributed by atoms with Gasteiger partial charge < -0.3 is 19.2 Å². The predicted molar refractivity (Wildman–Crippen MR) is 161 cm³/mol. The van der Waals surface area contributed by atoms with E-state index in [4.69, 9.17) is 13.9 Å². The van der Waals surface area contributed by atoms with Crippen molar-refractivity contribution in [1.29, 1.82) is 0 Å². The van der Waals surface area contributed by atoms with Gasteiger partial charge in [0.1, 0.15) is 5.60 Å². The van der Waals surface area contributed by atoms with E-state index in [9.17, 15) is 14.4 Å². The summed E-state index contributed by atoms with van der Waals surface area (Å²) in [5, 5.41) is 5.85. The fraction of sp³-hybridized carbons (Fsp3) is 0.344. The summed E-state index contributed by atoms with van der Waals surface area (Å²) in [5.74, 6) is -0.385. The average molecular weight is 586 g/mol. The first kappa shape index (κ1) is 29.7. The molecule has 0 aliphatic carbocycles. The summed E-state index contributed by atoms with van der Waals surface area (Å²) < 4.78 is 17.5.